The van der Waals surface area contributed by atoms with Crippen molar-refractivity contribution in [2.24, 2.45) is 27.6 Å². The number of guanidine groups is 1. The molecule has 0 spiro atoms. The maximum Gasteiger partial charge on any atom is 0.211 e. The topological polar surface area (TPSA) is 86.0 Å². The van der Waals surface area contributed by atoms with Gasteiger partial charge in [-0.25, -0.2) is 0 Å². The van der Waals surface area contributed by atoms with Crippen molar-refractivity contribution in [1.29, 1.82) is 0 Å². The Bertz CT molecular complexity index is 431. The molecule has 0 bridgehead atoms. The van der Waals surface area contributed by atoms with Crippen molar-refractivity contribution in [3.05, 3.63) is 35.4 Å². The average Bonchev–Trinajstić information content (AvgIpc) is 3.15. The summed E-state index contributed by atoms with van der Waals surface area (Å²) in [4.78, 5) is 0. The van der Waals surface area contributed by atoms with Gasteiger partial charge in [-0.15, -0.1) is 5.10 Å². The summed E-state index contributed by atoms with van der Waals surface area (Å²) in [5, 5.41) is 7.28. The van der Waals surface area contributed by atoms with Gasteiger partial charge >= 0.3 is 0 Å². The van der Waals surface area contributed by atoms with Crippen LogP contribution in [0.25, 0.3) is 0 Å². The highest BCUT2D eigenvalue weighted by molar-refractivity contribution is 5.81. The van der Waals surface area contributed by atoms with E-state index in [0.29, 0.717) is 6.61 Å². The largest absolute Gasteiger partial charge is 0.376 e. The Kier molecular flexibility index (Phi) is 4.30. The van der Waals surface area contributed by atoms with Crippen molar-refractivity contribution in [2.75, 3.05) is 6.61 Å². The van der Waals surface area contributed by atoms with Crippen molar-refractivity contribution in [2.45, 2.75) is 19.4 Å². The zero-order chi connectivity index (χ0) is 12.8. The fourth-order valence-electron chi connectivity index (χ4n) is 1.49. The molecule has 1 aliphatic carbocycles. The van der Waals surface area contributed by atoms with Crippen LogP contribution in [0.2, 0.25) is 0 Å². The van der Waals surface area contributed by atoms with Crippen molar-refractivity contribution < 1.29 is 4.74 Å². The predicted molar refractivity (Wildman–Crippen MR) is 72.2 cm³/mol. The van der Waals surface area contributed by atoms with E-state index >= 15 is 0 Å². The summed E-state index contributed by atoms with van der Waals surface area (Å²) in [7, 11) is 0. The SMILES string of the molecule is NC(N)=NN=Cc1ccc(COCC2CC2)cc1. The third-order valence-electron chi connectivity index (χ3n) is 2.68. The van der Waals surface area contributed by atoms with Crippen LogP contribution >= 0.6 is 0 Å². The van der Waals surface area contributed by atoms with Gasteiger partial charge in [-0.3, -0.25) is 0 Å². The first kappa shape index (κ1) is 12.6. The maximum atomic E-state index is 5.61. The van der Waals surface area contributed by atoms with Crippen molar-refractivity contribution >= 4 is 12.2 Å². The molecular formula is C13H18N4O. The van der Waals surface area contributed by atoms with Crippen LogP contribution in [0.3, 0.4) is 0 Å². The molecule has 5 heteroatoms. The molecular weight excluding hydrogens is 228 g/mol. The summed E-state index contributed by atoms with van der Waals surface area (Å²) in [6.45, 7) is 1.55. The Balaban J connectivity index is 1.80. The molecule has 2 rings (SSSR count). The molecule has 0 unspecified atom stereocenters. The first-order valence-corrected chi connectivity index (χ1v) is 6.02. The monoisotopic (exact) mass is 246 g/mol. The molecule has 1 aromatic rings. The molecule has 0 radical (unpaired) electrons. The molecule has 0 aromatic heterocycles. The molecule has 0 saturated heterocycles. The maximum absolute atomic E-state index is 5.61. The lowest BCUT2D eigenvalue weighted by molar-refractivity contribution is 0.111. The van der Waals surface area contributed by atoms with Gasteiger partial charge in [-0.05, 0) is 29.9 Å². The molecule has 96 valence electrons. The molecule has 4 N–H and O–H groups in total. The van der Waals surface area contributed by atoms with Crippen molar-refractivity contribution in [3.63, 3.8) is 0 Å². The smallest absolute Gasteiger partial charge is 0.211 e. The van der Waals surface area contributed by atoms with Crippen LogP contribution in [-0.4, -0.2) is 18.8 Å². The van der Waals surface area contributed by atoms with Crippen LogP contribution in [-0.2, 0) is 11.3 Å². The lowest BCUT2D eigenvalue weighted by Gasteiger charge is -2.03. The summed E-state index contributed by atoms with van der Waals surface area (Å²) < 4.78 is 5.61. The average molecular weight is 246 g/mol. The van der Waals surface area contributed by atoms with E-state index in [9.17, 15) is 0 Å². The van der Waals surface area contributed by atoms with Crippen molar-refractivity contribution in [1.82, 2.24) is 0 Å². The van der Waals surface area contributed by atoms with Gasteiger partial charge in [0, 0.05) is 6.61 Å². The van der Waals surface area contributed by atoms with E-state index in [-0.39, 0.29) is 5.96 Å². The van der Waals surface area contributed by atoms with Crippen LogP contribution < -0.4 is 11.5 Å². The third-order valence-corrected chi connectivity index (χ3v) is 2.68. The Morgan fingerprint density at radius 2 is 2.00 bits per heavy atom. The van der Waals surface area contributed by atoms with Gasteiger partial charge in [0.05, 0.1) is 12.8 Å². The van der Waals surface area contributed by atoms with Gasteiger partial charge in [0.1, 0.15) is 0 Å². The van der Waals surface area contributed by atoms with Crippen LogP contribution in [0.1, 0.15) is 24.0 Å². The second kappa shape index (κ2) is 6.16. The summed E-state index contributed by atoms with van der Waals surface area (Å²) in [5.41, 5.74) is 12.4. The van der Waals surface area contributed by atoms with E-state index in [2.05, 4.69) is 10.2 Å². The van der Waals surface area contributed by atoms with Gasteiger partial charge < -0.3 is 16.2 Å². The minimum absolute atomic E-state index is 0.0450. The molecule has 0 amide bonds. The van der Waals surface area contributed by atoms with Gasteiger partial charge in [-0.1, -0.05) is 24.3 Å². The lowest BCUT2D eigenvalue weighted by atomic mass is 10.1. The highest BCUT2D eigenvalue weighted by atomic mass is 16.5. The van der Waals surface area contributed by atoms with Crippen LogP contribution in [0.5, 0.6) is 0 Å². The van der Waals surface area contributed by atoms with Gasteiger partial charge in [0.25, 0.3) is 0 Å². The molecule has 0 aliphatic heterocycles. The van der Waals surface area contributed by atoms with Gasteiger partial charge in [0.15, 0.2) is 0 Å². The summed E-state index contributed by atoms with van der Waals surface area (Å²) in [6, 6.07) is 7.95. The zero-order valence-corrected chi connectivity index (χ0v) is 10.2. The summed E-state index contributed by atoms with van der Waals surface area (Å²) >= 11 is 0. The number of ether oxygens (including phenoxy) is 1. The number of nitrogens with zero attached hydrogens (tertiary/aromatic N) is 2. The molecule has 5 nitrogen and oxygen atoms in total. The van der Waals surface area contributed by atoms with E-state index in [1.54, 1.807) is 6.21 Å². The normalized spacial score (nSPS) is 14.9. The molecule has 1 saturated carbocycles. The fourth-order valence-corrected chi connectivity index (χ4v) is 1.49. The fraction of sp³-hybridized carbons (Fsp3) is 0.385. The predicted octanol–water partition coefficient (Wildman–Crippen LogP) is 1.22. The van der Waals surface area contributed by atoms with Gasteiger partial charge in [-0.2, -0.15) is 5.10 Å². The van der Waals surface area contributed by atoms with Crippen molar-refractivity contribution in [3.8, 4) is 0 Å². The number of hydrogen-bond acceptors (Lipinski definition) is 3. The Hall–Kier alpha value is -1.88. The Morgan fingerprint density at radius 1 is 1.28 bits per heavy atom. The van der Waals surface area contributed by atoms with Crippen LogP contribution in [0, 0.1) is 5.92 Å². The quantitative estimate of drug-likeness (QED) is 0.449. The zero-order valence-electron chi connectivity index (χ0n) is 10.2. The molecule has 1 fully saturated rings. The molecule has 0 atom stereocenters. The number of rotatable bonds is 6. The number of nitrogens with two attached hydrogens (primary N) is 2. The molecule has 18 heavy (non-hydrogen) atoms. The minimum atomic E-state index is -0.0450. The van der Waals surface area contributed by atoms with Gasteiger partial charge in [0.2, 0.25) is 5.96 Å². The van der Waals surface area contributed by atoms with E-state index in [4.69, 9.17) is 16.2 Å². The first-order valence-electron chi connectivity index (χ1n) is 6.02. The molecule has 1 aliphatic rings. The minimum Gasteiger partial charge on any atom is -0.376 e. The van der Waals surface area contributed by atoms with E-state index in [0.717, 1.165) is 23.7 Å². The summed E-state index contributed by atoms with van der Waals surface area (Å²) in [6.07, 6.45) is 4.24. The summed E-state index contributed by atoms with van der Waals surface area (Å²) in [5.74, 6) is 0.757. The van der Waals surface area contributed by atoms with E-state index in [1.165, 1.54) is 12.8 Å². The number of benzene rings is 1. The standard InChI is InChI=1S/C13H18N4O/c14-13(15)17-16-7-10-1-3-11(4-2-10)8-18-9-12-5-6-12/h1-4,7,12H,5-6,8-9H2,(H4,14,15,17). The van der Waals surface area contributed by atoms with E-state index in [1.807, 2.05) is 24.3 Å². The first-order chi connectivity index (χ1) is 8.74. The molecule has 0 heterocycles. The second-order valence-corrected chi connectivity index (χ2v) is 4.47. The highest BCUT2D eigenvalue weighted by Crippen LogP contribution is 2.29. The third kappa shape index (κ3) is 4.55. The van der Waals surface area contributed by atoms with Crippen LogP contribution in [0.15, 0.2) is 34.5 Å². The Labute approximate surface area is 107 Å². The highest BCUT2D eigenvalue weighted by Gasteiger charge is 2.20. The van der Waals surface area contributed by atoms with E-state index < -0.39 is 0 Å². The second-order valence-electron chi connectivity index (χ2n) is 4.47. The van der Waals surface area contributed by atoms with Crippen LogP contribution in [0.4, 0.5) is 0 Å². The lowest BCUT2D eigenvalue weighted by Crippen LogP contribution is -2.21. The Morgan fingerprint density at radius 3 is 2.61 bits per heavy atom. The molecule has 1 aromatic carbocycles. The number of hydrogen-bond donors (Lipinski definition) is 2.